The number of hydrogen-bond acceptors (Lipinski definition) is 3. The van der Waals surface area contributed by atoms with Gasteiger partial charge in [0, 0.05) is 11.6 Å². The summed E-state index contributed by atoms with van der Waals surface area (Å²) in [4.78, 5) is 12.2. The summed E-state index contributed by atoms with van der Waals surface area (Å²) < 4.78 is 0. The van der Waals surface area contributed by atoms with E-state index < -0.39 is 0 Å². The van der Waals surface area contributed by atoms with Gasteiger partial charge in [0.25, 0.3) is 5.91 Å². The molecule has 0 bridgehead atoms. The van der Waals surface area contributed by atoms with Crippen molar-refractivity contribution in [3.8, 4) is 16.9 Å². The van der Waals surface area contributed by atoms with Gasteiger partial charge in [-0.3, -0.25) is 4.79 Å². The number of rotatable bonds is 3. The van der Waals surface area contributed by atoms with Crippen molar-refractivity contribution >= 4 is 5.91 Å². The van der Waals surface area contributed by atoms with Crippen molar-refractivity contribution in [1.29, 1.82) is 0 Å². The van der Waals surface area contributed by atoms with E-state index in [0.717, 1.165) is 37.1 Å². The third-order valence-electron chi connectivity index (χ3n) is 4.02. The molecule has 4 nitrogen and oxygen atoms in total. The van der Waals surface area contributed by atoms with Crippen LogP contribution in [0, 0.1) is 0 Å². The zero-order chi connectivity index (χ0) is 15.4. The molecular formula is C18H20N2O2. The van der Waals surface area contributed by atoms with Crippen molar-refractivity contribution in [2.75, 3.05) is 13.1 Å². The molecule has 1 aliphatic heterocycles. The van der Waals surface area contributed by atoms with Gasteiger partial charge in [-0.15, -0.1) is 0 Å². The second-order valence-electron chi connectivity index (χ2n) is 5.62. The minimum Gasteiger partial charge on any atom is -0.508 e. The summed E-state index contributed by atoms with van der Waals surface area (Å²) in [7, 11) is 0. The van der Waals surface area contributed by atoms with Gasteiger partial charge in [-0.1, -0.05) is 24.3 Å². The summed E-state index contributed by atoms with van der Waals surface area (Å²) in [5.41, 5.74) is 2.72. The van der Waals surface area contributed by atoms with Crippen LogP contribution in [0.1, 0.15) is 23.2 Å². The lowest BCUT2D eigenvalue weighted by Crippen LogP contribution is -2.42. The summed E-state index contributed by atoms with van der Waals surface area (Å²) in [5, 5.41) is 15.7. The maximum absolute atomic E-state index is 12.2. The zero-order valence-electron chi connectivity index (χ0n) is 12.4. The molecule has 2 aromatic carbocycles. The lowest BCUT2D eigenvalue weighted by molar-refractivity contribution is 0.0929. The minimum absolute atomic E-state index is 0.0100. The van der Waals surface area contributed by atoms with Crippen molar-refractivity contribution in [3.63, 3.8) is 0 Å². The van der Waals surface area contributed by atoms with Crippen molar-refractivity contribution in [2.24, 2.45) is 0 Å². The number of carbonyl (C=O) groups is 1. The van der Waals surface area contributed by atoms with Gasteiger partial charge < -0.3 is 15.7 Å². The Morgan fingerprint density at radius 2 is 1.50 bits per heavy atom. The second kappa shape index (κ2) is 6.62. The van der Waals surface area contributed by atoms with Crippen molar-refractivity contribution in [1.82, 2.24) is 10.6 Å². The summed E-state index contributed by atoms with van der Waals surface area (Å²) in [6, 6.07) is 14.9. The number of phenolic OH excluding ortho intramolecular Hbond substituents is 1. The average Bonchev–Trinajstić information content (AvgIpc) is 2.57. The molecule has 0 aliphatic carbocycles. The predicted molar refractivity (Wildman–Crippen MR) is 86.9 cm³/mol. The first kappa shape index (κ1) is 14.6. The molecule has 114 valence electrons. The van der Waals surface area contributed by atoms with Crippen LogP contribution in [-0.4, -0.2) is 30.1 Å². The van der Waals surface area contributed by atoms with E-state index in [2.05, 4.69) is 10.6 Å². The molecule has 1 aliphatic rings. The van der Waals surface area contributed by atoms with Gasteiger partial charge in [0.2, 0.25) is 0 Å². The van der Waals surface area contributed by atoms with E-state index in [1.165, 1.54) is 0 Å². The predicted octanol–water partition coefficient (Wildman–Crippen LogP) is 2.54. The van der Waals surface area contributed by atoms with Gasteiger partial charge in [0.05, 0.1) is 0 Å². The number of amides is 1. The van der Waals surface area contributed by atoms with E-state index >= 15 is 0 Å². The van der Waals surface area contributed by atoms with Crippen LogP contribution in [-0.2, 0) is 0 Å². The van der Waals surface area contributed by atoms with Crippen LogP contribution in [0.25, 0.3) is 11.1 Å². The molecule has 4 heteroatoms. The minimum atomic E-state index is -0.0100. The molecule has 1 saturated heterocycles. The molecular weight excluding hydrogens is 276 g/mol. The van der Waals surface area contributed by atoms with E-state index in [1.807, 2.05) is 36.4 Å². The number of aromatic hydroxyl groups is 1. The third-order valence-corrected chi connectivity index (χ3v) is 4.02. The molecule has 0 radical (unpaired) electrons. The maximum atomic E-state index is 12.2. The van der Waals surface area contributed by atoms with Gasteiger partial charge in [0.1, 0.15) is 5.75 Å². The van der Waals surface area contributed by atoms with Crippen LogP contribution in [0.2, 0.25) is 0 Å². The topological polar surface area (TPSA) is 61.4 Å². The number of hydrogen-bond donors (Lipinski definition) is 3. The summed E-state index contributed by atoms with van der Waals surface area (Å²) in [5.74, 6) is 0.242. The SMILES string of the molecule is O=C(NC1CCNCC1)c1ccc(-c2ccc(O)cc2)cc1. The monoisotopic (exact) mass is 296 g/mol. The number of piperidine rings is 1. The fourth-order valence-electron chi connectivity index (χ4n) is 2.70. The van der Waals surface area contributed by atoms with Gasteiger partial charge in [0.15, 0.2) is 0 Å². The fourth-order valence-corrected chi connectivity index (χ4v) is 2.70. The normalized spacial score (nSPS) is 15.5. The Labute approximate surface area is 130 Å². The molecule has 3 N–H and O–H groups in total. The standard InChI is InChI=1S/C18H20N2O2/c21-17-7-5-14(6-8-17)13-1-3-15(4-2-13)18(22)20-16-9-11-19-12-10-16/h1-8,16,19,21H,9-12H2,(H,20,22). The van der Waals surface area contributed by atoms with E-state index in [0.29, 0.717) is 5.56 Å². The number of carbonyl (C=O) groups excluding carboxylic acids is 1. The molecule has 0 spiro atoms. The summed E-state index contributed by atoms with van der Waals surface area (Å²) in [6.45, 7) is 1.93. The lowest BCUT2D eigenvalue weighted by atomic mass is 10.0. The molecule has 0 atom stereocenters. The van der Waals surface area contributed by atoms with E-state index in [4.69, 9.17) is 0 Å². The molecule has 22 heavy (non-hydrogen) atoms. The van der Waals surface area contributed by atoms with Crippen LogP contribution in [0.15, 0.2) is 48.5 Å². The highest BCUT2D eigenvalue weighted by Crippen LogP contribution is 2.22. The smallest absolute Gasteiger partial charge is 0.251 e. The van der Waals surface area contributed by atoms with E-state index in [1.54, 1.807) is 12.1 Å². The molecule has 2 aromatic rings. The molecule has 0 aromatic heterocycles. The second-order valence-corrected chi connectivity index (χ2v) is 5.62. The largest absolute Gasteiger partial charge is 0.508 e. The Bertz CT molecular complexity index is 629. The van der Waals surface area contributed by atoms with Crippen LogP contribution in [0.3, 0.4) is 0 Å². The molecule has 1 amide bonds. The third kappa shape index (κ3) is 3.46. The Balaban J connectivity index is 1.68. The highest BCUT2D eigenvalue weighted by Gasteiger charge is 2.16. The number of phenols is 1. The zero-order valence-corrected chi connectivity index (χ0v) is 12.4. The van der Waals surface area contributed by atoms with Gasteiger partial charge in [-0.2, -0.15) is 0 Å². The first-order valence-electron chi connectivity index (χ1n) is 7.63. The number of nitrogens with one attached hydrogen (secondary N) is 2. The molecule has 1 fully saturated rings. The van der Waals surface area contributed by atoms with Gasteiger partial charge >= 0.3 is 0 Å². The maximum Gasteiger partial charge on any atom is 0.251 e. The fraction of sp³-hybridized carbons (Fsp3) is 0.278. The molecule has 1 heterocycles. The van der Waals surface area contributed by atoms with Crippen molar-refractivity contribution in [2.45, 2.75) is 18.9 Å². The molecule has 3 rings (SSSR count). The highest BCUT2D eigenvalue weighted by atomic mass is 16.3. The number of benzene rings is 2. The van der Waals surface area contributed by atoms with Crippen molar-refractivity contribution in [3.05, 3.63) is 54.1 Å². The van der Waals surface area contributed by atoms with Crippen molar-refractivity contribution < 1.29 is 9.90 Å². The van der Waals surface area contributed by atoms with Crippen LogP contribution in [0.5, 0.6) is 5.75 Å². The molecule has 0 unspecified atom stereocenters. The molecule has 0 saturated carbocycles. The average molecular weight is 296 g/mol. The quantitative estimate of drug-likeness (QED) is 0.815. The highest BCUT2D eigenvalue weighted by molar-refractivity contribution is 5.94. The van der Waals surface area contributed by atoms with E-state index in [9.17, 15) is 9.90 Å². The Morgan fingerprint density at radius 1 is 0.955 bits per heavy atom. The summed E-state index contributed by atoms with van der Waals surface area (Å²) in [6.07, 6.45) is 1.97. The van der Waals surface area contributed by atoms with Gasteiger partial charge in [-0.05, 0) is 61.3 Å². The lowest BCUT2D eigenvalue weighted by Gasteiger charge is -2.23. The van der Waals surface area contributed by atoms with E-state index in [-0.39, 0.29) is 17.7 Å². The first-order chi connectivity index (χ1) is 10.7. The van der Waals surface area contributed by atoms with Crippen LogP contribution in [0.4, 0.5) is 0 Å². The summed E-state index contributed by atoms with van der Waals surface area (Å²) >= 11 is 0. The van der Waals surface area contributed by atoms with Crippen LogP contribution >= 0.6 is 0 Å². The van der Waals surface area contributed by atoms with Crippen LogP contribution < -0.4 is 10.6 Å². The first-order valence-corrected chi connectivity index (χ1v) is 7.63. The Kier molecular flexibility index (Phi) is 4.39. The Morgan fingerprint density at radius 3 is 2.09 bits per heavy atom. The van der Waals surface area contributed by atoms with Gasteiger partial charge in [-0.25, -0.2) is 0 Å². The Hall–Kier alpha value is -2.33.